The van der Waals surface area contributed by atoms with Crippen LogP contribution in [0.3, 0.4) is 0 Å². The molecule has 0 radical (unpaired) electrons. The molecule has 0 unspecified atom stereocenters. The van der Waals surface area contributed by atoms with Gasteiger partial charge in [-0.05, 0) is 26.7 Å². The SMILES string of the molecule is CC(C)Oc1cncc(N2CCSC3(CCCCC3)C2)n1. The molecule has 0 aromatic carbocycles. The van der Waals surface area contributed by atoms with Crippen LogP contribution >= 0.6 is 11.8 Å². The van der Waals surface area contributed by atoms with Gasteiger partial charge in [0.25, 0.3) is 0 Å². The Kier molecular flexibility index (Phi) is 4.57. The molecule has 1 saturated carbocycles. The van der Waals surface area contributed by atoms with Crippen LogP contribution in [0.2, 0.25) is 0 Å². The third kappa shape index (κ3) is 3.62. The molecule has 5 heteroatoms. The van der Waals surface area contributed by atoms with Crippen LogP contribution in [0.5, 0.6) is 5.88 Å². The highest BCUT2D eigenvalue weighted by Gasteiger charge is 2.37. The van der Waals surface area contributed by atoms with Crippen molar-refractivity contribution in [3.63, 3.8) is 0 Å². The lowest BCUT2D eigenvalue weighted by atomic mass is 9.87. The molecule has 0 atom stereocenters. The topological polar surface area (TPSA) is 38.2 Å². The first-order valence-electron chi connectivity index (χ1n) is 8.05. The van der Waals surface area contributed by atoms with E-state index >= 15 is 0 Å². The fourth-order valence-electron chi connectivity index (χ4n) is 3.33. The van der Waals surface area contributed by atoms with Crippen LogP contribution in [-0.4, -0.2) is 39.7 Å². The van der Waals surface area contributed by atoms with E-state index in [0.29, 0.717) is 10.6 Å². The van der Waals surface area contributed by atoms with E-state index in [1.165, 1.54) is 37.9 Å². The summed E-state index contributed by atoms with van der Waals surface area (Å²) >= 11 is 2.18. The molecule has 2 heterocycles. The third-order valence-corrected chi connectivity index (χ3v) is 5.83. The zero-order valence-corrected chi connectivity index (χ0v) is 13.9. The van der Waals surface area contributed by atoms with Gasteiger partial charge >= 0.3 is 0 Å². The lowest BCUT2D eigenvalue weighted by Gasteiger charge is -2.45. The Morgan fingerprint density at radius 2 is 2.05 bits per heavy atom. The van der Waals surface area contributed by atoms with Crippen molar-refractivity contribution < 1.29 is 4.74 Å². The number of aromatic nitrogens is 2. The molecule has 1 aliphatic heterocycles. The summed E-state index contributed by atoms with van der Waals surface area (Å²) in [7, 11) is 0. The van der Waals surface area contributed by atoms with Crippen LogP contribution in [-0.2, 0) is 0 Å². The van der Waals surface area contributed by atoms with Crippen LogP contribution < -0.4 is 9.64 Å². The Bertz CT molecular complexity index is 469. The minimum Gasteiger partial charge on any atom is -0.474 e. The van der Waals surface area contributed by atoms with Crippen molar-refractivity contribution in [2.75, 3.05) is 23.7 Å². The summed E-state index contributed by atoms with van der Waals surface area (Å²) < 4.78 is 6.13. The third-order valence-electron chi connectivity index (χ3n) is 4.29. The van der Waals surface area contributed by atoms with E-state index in [-0.39, 0.29) is 6.10 Å². The van der Waals surface area contributed by atoms with Gasteiger partial charge < -0.3 is 9.64 Å². The number of thioether (sulfide) groups is 1. The summed E-state index contributed by atoms with van der Waals surface area (Å²) in [6.45, 7) is 6.20. The summed E-state index contributed by atoms with van der Waals surface area (Å²) in [5.74, 6) is 2.80. The number of nitrogens with zero attached hydrogens (tertiary/aromatic N) is 3. The molecule has 0 N–H and O–H groups in total. The molecule has 1 spiro atoms. The maximum absolute atomic E-state index is 5.68. The van der Waals surface area contributed by atoms with Crippen LogP contribution in [0.15, 0.2) is 12.4 Å². The van der Waals surface area contributed by atoms with E-state index < -0.39 is 0 Å². The first-order valence-corrected chi connectivity index (χ1v) is 9.03. The van der Waals surface area contributed by atoms with Gasteiger partial charge in [0.1, 0.15) is 0 Å². The van der Waals surface area contributed by atoms with E-state index in [1.54, 1.807) is 6.20 Å². The van der Waals surface area contributed by atoms with Gasteiger partial charge in [0.15, 0.2) is 5.82 Å². The standard InChI is InChI=1S/C16H25N3OS/c1-13(2)20-15-11-17-10-14(18-15)19-8-9-21-16(12-19)6-4-3-5-7-16/h10-11,13H,3-9,12H2,1-2H3. The molecule has 0 bridgehead atoms. The number of rotatable bonds is 3. The molecule has 4 nitrogen and oxygen atoms in total. The van der Waals surface area contributed by atoms with Crippen molar-refractivity contribution in [3.05, 3.63) is 12.4 Å². The Labute approximate surface area is 131 Å². The van der Waals surface area contributed by atoms with Crippen molar-refractivity contribution >= 4 is 17.6 Å². The van der Waals surface area contributed by atoms with E-state index in [1.807, 2.05) is 20.0 Å². The van der Waals surface area contributed by atoms with Crippen LogP contribution in [0, 0.1) is 0 Å². The maximum Gasteiger partial charge on any atom is 0.234 e. The summed E-state index contributed by atoms with van der Waals surface area (Å²) in [4.78, 5) is 11.4. The summed E-state index contributed by atoms with van der Waals surface area (Å²) in [5, 5.41) is 0. The van der Waals surface area contributed by atoms with Gasteiger partial charge in [-0.25, -0.2) is 0 Å². The quantitative estimate of drug-likeness (QED) is 0.854. The second kappa shape index (κ2) is 6.42. The molecule has 1 saturated heterocycles. The van der Waals surface area contributed by atoms with Crippen molar-refractivity contribution in [1.82, 2.24) is 9.97 Å². The van der Waals surface area contributed by atoms with E-state index in [0.717, 1.165) is 18.9 Å². The average molecular weight is 307 g/mol. The number of ether oxygens (including phenoxy) is 1. The zero-order valence-electron chi connectivity index (χ0n) is 13.0. The molecule has 1 aromatic rings. The van der Waals surface area contributed by atoms with E-state index in [9.17, 15) is 0 Å². The van der Waals surface area contributed by atoms with Gasteiger partial charge in [-0.3, -0.25) is 4.98 Å². The number of hydrogen-bond acceptors (Lipinski definition) is 5. The predicted molar refractivity (Wildman–Crippen MR) is 88.3 cm³/mol. The number of hydrogen-bond donors (Lipinski definition) is 0. The maximum atomic E-state index is 5.68. The fourth-order valence-corrected chi connectivity index (χ4v) is 4.90. The van der Waals surface area contributed by atoms with Crippen molar-refractivity contribution in [2.45, 2.75) is 56.8 Å². The second-order valence-corrected chi connectivity index (χ2v) is 7.96. The molecular weight excluding hydrogens is 282 g/mol. The molecule has 2 fully saturated rings. The molecule has 1 aromatic heterocycles. The van der Waals surface area contributed by atoms with Crippen LogP contribution in [0.25, 0.3) is 0 Å². The summed E-state index contributed by atoms with van der Waals surface area (Å²) in [5.41, 5.74) is 0. The van der Waals surface area contributed by atoms with Crippen LogP contribution in [0.4, 0.5) is 5.82 Å². The summed E-state index contributed by atoms with van der Waals surface area (Å²) in [6, 6.07) is 0. The summed E-state index contributed by atoms with van der Waals surface area (Å²) in [6.07, 6.45) is 10.6. The average Bonchev–Trinajstić information content (AvgIpc) is 2.48. The highest BCUT2D eigenvalue weighted by molar-refractivity contribution is 8.00. The number of anilines is 1. The predicted octanol–water partition coefficient (Wildman–Crippen LogP) is 3.52. The van der Waals surface area contributed by atoms with Gasteiger partial charge in [-0.15, -0.1) is 0 Å². The fraction of sp³-hybridized carbons (Fsp3) is 0.750. The first kappa shape index (κ1) is 14.9. The molecule has 21 heavy (non-hydrogen) atoms. The Hall–Kier alpha value is -0.970. The largest absolute Gasteiger partial charge is 0.474 e. The minimum atomic E-state index is 0.135. The lowest BCUT2D eigenvalue weighted by molar-refractivity contribution is 0.231. The van der Waals surface area contributed by atoms with Crippen molar-refractivity contribution in [2.24, 2.45) is 0 Å². The molecule has 2 aliphatic rings. The zero-order chi connectivity index (χ0) is 14.7. The van der Waals surface area contributed by atoms with Gasteiger partial charge in [-0.1, -0.05) is 19.3 Å². The Morgan fingerprint density at radius 3 is 2.81 bits per heavy atom. The first-order chi connectivity index (χ1) is 10.2. The van der Waals surface area contributed by atoms with Crippen molar-refractivity contribution in [3.8, 4) is 5.88 Å². The highest BCUT2D eigenvalue weighted by atomic mass is 32.2. The highest BCUT2D eigenvalue weighted by Crippen LogP contribution is 2.43. The van der Waals surface area contributed by atoms with E-state index in [2.05, 4.69) is 26.6 Å². The Balaban J connectivity index is 1.73. The van der Waals surface area contributed by atoms with E-state index in [4.69, 9.17) is 4.74 Å². The van der Waals surface area contributed by atoms with Gasteiger partial charge in [0, 0.05) is 23.6 Å². The molecule has 0 amide bonds. The van der Waals surface area contributed by atoms with Crippen molar-refractivity contribution in [1.29, 1.82) is 0 Å². The lowest BCUT2D eigenvalue weighted by Crippen LogP contribution is -2.48. The normalized spacial score (nSPS) is 21.8. The molecule has 1 aliphatic carbocycles. The second-order valence-electron chi connectivity index (χ2n) is 6.40. The molecule has 116 valence electrons. The van der Waals surface area contributed by atoms with Crippen LogP contribution in [0.1, 0.15) is 46.0 Å². The smallest absolute Gasteiger partial charge is 0.234 e. The monoisotopic (exact) mass is 307 g/mol. The van der Waals surface area contributed by atoms with Gasteiger partial charge in [0.05, 0.1) is 18.5 Å². The van der Waals surface area contributed by atoms with Gasteiger partial charge in [0.2, 0.25) is 5.88 Å². The Morgan fingerprint density at radius 1 is 1.24 bits per heavy atom. The van der Waals surface area contributed by atoms with Gasteiger partial charge in [-0.2, -0.15) is 16.7 Å². The minimum absolute atomic E-state index is 0.135. The molecular formula is C16H25N3OS. The molecule has 3 rings (SSSR count).